The summed E-state index contributed by atoms with van der Waals surface area (Å²) in [5.74, 6) is 0.494. The molecule has 1 saturated heterocycles. The number of carboxylic acid groups (broad SMARTS) is 1. The number of carbonyl (C=O) groups is 1. The number of amides is 1. The molecule has 0 radical (unpaired) electrons. The number of aromatic nitrogens is 2. The number of benzene rings is 1. The maximum atomic E-state index is 10.7. The largest absolute Gasteiger partial charge is 0.473 e. The van der Waals surface area contributed by atoms with Crippen molar-refractivity contribution in [3.8, 4) is 5.88 Å². The molecule has 0 spiro atoms. The minimum atomic E-state index is -1.10. The Bertz CT molecular complexity index is 678. The number of nitrogens with one attached hydrogen (secondary N) is 1. The summed E-state index contributed by atoms with van der Waals surface area (Å²) in [6.45, 7) is 2.06. The van der Waals surface area contributed by atoms with Gasteiger partial charge in [-0.3, -0.25) is 10.00 Å². The van der Waals surface area contributed by atoms with Crippen molar-refractivity contribution < 1.29 is 24.1 Å². The molecule has 2 heterocycles. The number of fused-ring (bicyclic) bond motifs is 1. The summed E-state index contributed by atoms with van der Waals surface area (Å²) in [7, 11) is 1.78. The Morgan fingerprint density at radius 2 is 2.41 bits per heavy atom. The zero-order chi connectivity index (χ0) is 15.5. The number of aryl methyl sites for hydroxylation is 1. The first-order valence-electron chi connectivity index (χ1n) is 6.92. The lowest BCUT2D eigenvalue weighted by atomic mass is 10.2. The van der Waals surface area contributed by atoms with Crippen molar-refractivity contribution in [3.63, 3.8) is 0 Å². The van der Waals surface area contributed by atoms with E-state index < -0.39 is 6.09 Å². The summed E-state index contributed by atoms with van der Waals surface area (Å²) in [5, 5.41) is 16.2. The predicted molar refractivity (Wildman–Crippen MR) is 78.4 cm³/mol. The molecule has 22 heavy (non-hydrogen) atoms. The summed E-state index contributed by atoms with van der Waals surface area (Å²) in [4.78, 5) is 10.7. The zero-order valence-corrected chi connectivity index (χ0v) is 12.1. The van der Waals surface area contributed by atoms with Gasteiger partial charge in [0.05, 0.1) is 30.7 Å². The van der Waals surface area contributed by atoms with Crippen LogP contribution in [0.3, 0.4) is 0 Å². The van der Waals surface area contributed by atoms with Gasteiger partial charge in [0.2, 0.25) is 5.88 Å². The number of rotatable bonds is 4. The Balaban J connectivity index is 1.76. The Labute approximate surface area is 126 Å². The lowest BCUT2D eigenvalue weighted by Crippen LogP contribution is -2.33. The SMILES string of the molecule is Cn1nc(OC[C@@H]2COCCO2)c2ccc(NC(=O)O)cc21. The van der Waals surface area contributed by atoms with Gasteiger partial charge >= 0.3 is 6.09 Å². The van der Waals surface area contributed by atoms with E-state index in [-0.39, 0.29) is 6.10 Å². The molecule has 118 valence electrons. The van der Waals surface area contributed by atoms with Gasteiger partial charge in [0, 0.05) is 12.7 Å². The third kappa shape index (κ3) is 3.12. The first kappa shape index (κ1) is 14.6. The summed E-state index contributed by atoms with van der Waals surface area (Å²) < 4.78 is 18.2. The average molecular weight is 307 g/mol. The molecular formula is C14H17N3O5. The van der Waals surface area contributed by atoms with Crippen molar-refractivity contribution in [1.29, 1.82) is 0 Å². The van der Waals surface area contributed by atoms with Crippen LogP contribution in [-0.4, -0.2) is 53.5 Å². The van der Waals surface area contributed by atoms with Crippen LogP contribution in [-0.2, 0) is 16.5 Å². The highest BCUT2D eigenvalue weighted by Crippen LogP contribution is 2.27. The number of nitrogens with zero attached hydrogens (tertiary/aromatic N) is 2. The van der Waals surface area contributed by atoms with Crippen LogP contribution >= 0.6 is 0 Å². The lowest BCUT2D eigenvalue weighted by Gasteiger charge is -2.22. The Morgan fingerprint density at radius 3 is 3.14 bits per heavy atom. The fourth-order valence-electron chi connectivity index (χ4n) is 2.34. The first-order valence-corrected chi connectivity index (χ1v) is 6.92. The molecule has 1 aromatic heterocycles. The molecule has 3 rings (SSSR count). The minimum Gasteiger partial charge on any atom is -0.473 e. The number of hydrogen-bond acceptors (Lipinski definition) is 5. The highest BCUT2D eigenvalue weighted by molar-refractivity contribution is 5.91. The molecular weight excluding hydrogens is 290 g/mol. The summed E-state index contributed by atoms with van der Waals surface area (Å²) in [6.07, 6.45) is -1.20. The normalized spacial score (nSPS) is 18.3. The van der Waals surface area contributed by atoms with Gasteiger partial charge in [-0.15, -0.1) is 5.10 Å². The van der Waals surface area contributed by atoms with E-state index in [0.29, 0.717) is 38.0 Å². The number of ether oxygens (including phenoxy) is 3. The van der Waals surface area contributed by atoms with E-state index in [1.165, 1.54) is 0 Å². The van der Waals surface area contributed by atoms with Crippen LogP contribution in [0.15, 0.2) is 18.2 Å². The fourth-order valence-corrected chi connectivity index (χ4v) is 2.34. The molecule has 1 aliphatic rings. The summed E-state index contributed by atoms with van der Waals surface area (Å²) >= 11 is 0. The fraction of sp³-hybridized carbons (Fsp3) is 0.429. The third-order valence-corrected chi connectivity index (χ3v) is 3.36. The van der Waals surface area contributed by atoms with Gasteiger partial charge in [-0.05, 0) is 18.2 Å². The summed E-state index contributed by atoms with van der Waals surface area (Å²) in [5.41, 5.74) is 1.26. The summed E-state index contributed by atoms with van der Waals surface area (Å²) in [6, 6.07) is 5.16. The molecule has 0 unspecified atom stereocenters. The maximum Gasteiger partial charge on any atom is 0.409 e. The monoisotopic (exact) mass is 307 g/mol. The standard InChI is InChI=1S/C14H17N3O5/c1-17-12-6-9(15-14(18)19)2-3-11(12)13(16-17)22-8-10-7-20-4-5-21-10/h2-3,6,10,15H,4-5,7-8H2,1H3,(H,18,19)/t10-/m0/s1. The molecule has 1 aliphatic heterocycles. The second-order valence-electron chi connectivity index (χ2n) is 4.97. The van der Waals surface area contributed by atoms with E-state index in [2.05, 4.69) is 10.4 Å². The van der Waals surface area contributed by atoms with Gasteiger partial charge in [-0.1, -0.05) is 0 Å². The van der Waals surface area contributed by atoms with Crippen molar-refractivity contribution >= 4 is 22.7 Å². The van der Waals surface area contributed by atoms with Gasteiger partial charge < -0.3 is 19.3 Å². The van der Waals surface area contributed by atoms with Crippen molar-refractivity contribution in [3.05, 3.63) is 18.2 Å². The van der Waals surface area contributed by atoms with E-state index in [4.69, 9.17) is 19.3 Å². The highest BCUT2D eigenvalue weighted by Gasteiger charge is 2.17. The van der Waals surface area contributed by atoms with Crippen LogP contribution in [0.5, 0.6) is 5.88 Å². The maximum absolute atomic E-state index is 10.7. The van der Waals surface area contributed by atoms with Crippen molar-refractivity contribution in [1.82, 2.24) is 9.78 Å². The number of hydrogen-bond donors (Lipinski definition) is 2. The van der Waals surface area contributed by atoms with Crippen molar-refractivity contribution in [2.24, 2.45) is 7.05 Å². The molecule has 2 N–H and O–H groups in total. The van der Waals surface area contributed by atoms with Crippen LogP contribution in [0, 0.1) is 0 Å². The van der Waals surface area contributed by atoms with Gasteiger partial charge in [0.1, 0.15) is 12.7 Å². The molecule has 8 heteroatoms. The van der Waals surface area contributed by atoms with Crippen LogP contribution in [0.4, 0.5) is 10.5 Å². The average Bonchev–Trinajstić information content (AvgIpc) is 2.82. The molecule has 1 aromatic carbocycles. The van der Waals surface area contributed by atoms with E-state index in [1.807, 2.05) is 0 Å². The Kier molecular flexibility index (Phi) is 4.12. The highest BCUT2D eigenvalue weighted by atomic mass is 16.6. The van der Waals surface area contributed by atoms with Gasteiger partial charge in [0.25, 0.3) is 0 Å². The third-order valence-electron chi connectivity index (χ3n) is 3.36. The van der Waals surface area contributed by atoms with E-state index in [1.54, 1.807) is 29.9 Å². The number of anilines is 1. The Hall–Kier alpha value is -2.32. The van der Waals surface area contributed by atoms with E-state index in [0.717, 1.165) is 10.9 Å². The van der Waals surface area contributed by atoms with Crippen LogP contribution in [0.2, 0.25) is 0 Å². The smallest absolute Gasteiger partial charge is 0.409 e. The molecule has 0 saturated carbocycles. The predicted octanol–water partition coefficient (Wildman–Crippen LogP) is 1.46. The molecule has 2 aromatic rings. The minimum absolute atomic E-state index is 0.0984. The van der Waals surface area contributed by atoms with Gasteiger partial charge in [0.15, 0.2) is 0 Å². The quantitative estimate of drug-likeness (QED) is 0.888. The molecule has 8 nitrogen and oxygen atoms in total. The molecule has 0 bridgehead atoms. The first-order chi connectivity index (χ1) is 10.6. The molecule has 1 atom stereocenters. The van der Waals surface area contributed by atoms with Crippen molar-refractivity contribution in [2.45, 2.75) is 6.10 Å². The van der Waals surface area contributed by atoms with E-state index in [9.17, 15) is 4.79 Å². The second-order valence-corrected chi connectivity index (χ2v) is 4.97. The second kappa shape index (κ2) is 6.20. The van der Waals surface area contributed by atoms with Gasteiger partial charge in [-0.2, -0.15) is 0 Å². The van der Waals surface area contributed by atoms with Gasteiger partial charge in [-0.25, -0.2) is 4.79 Å². The van der Waals surface area contributed by atoms with E-state index >= 15 is 0 Å². The molecule has 0 aliphatic carbocycles. The Morgan fingerprint density at radius 1 is 1.55 bits per heavy atom. The zero-order valence-electron chi connectivity index (χ0n) is 12.1. The van der Waals surface area contributed by atoms with Crippen LogP contribution < -0.4 is 10.1 Å². The van der Waals surface area contributed by atoms with Crippen LogP contribution in [0.25, 0.3) is 10.9 Å². The topological polar surface area (TPSA) is 94.8 Å². The lowest BCUT2D eigenvalue weighted by molar-refractivity contribution is -0.101. The van der Waals surface area contributed by atoms with Crippen LogP contribution in [0.1, 0.15) is 0 Å². The molecule has 1 fully saturated rings. The molecule has 1 amide bonds. The van der Waals surface area contributed by atoms with Crippen molar-refractivity contribution in [2.75, 3.05) is 31.7 Å².